The van der Waals surface area contributed by atoms with Crippen LogP contribution in [0.3, 0.4) is 0 Å². The van der Waals surface area contributed by atoms with E-state index >= 15 is 0 Å². The summed E-state index contributed by atoms with van der Waals surface area (Å²) in [6, 6.07) is 10.8. The lowest BCUT2D eigenvalue weighted by atomic mass is 9.92. The number of aromatic nitrogens is 3. The number of ether oxygens (including phenoxy) is 1. The highest BCUT2D eigenvalue weighted by atomic mass is 32.1. The lowest BCUT2D eigenvalue weighted by molar-refractivity contribution is 0.102. The van der Waals surface area contributed by atoms with E-state index in [2.05, 4.69) is 25.6 Å². The van der Waals surface area contributed by atoms with Crippen molar-refractivity contribution in [2.75, 3.05) is 5.32 Å². The molecule has 3 rings (SSSR count). The number of anilines is 1. The Morgan fingerprint density at radius 1 is 1.13 bits per heavy atom. The van der Waals surface area contributed by atoms with Crippen LogP contribution in [0.5, 0.6) is 0 Å². The van der Waals surface area contributed by atoms with E-state index in [4.69, 9.17) is 4.74 Å². The first-order valence-electron chi connectivity index (χ1n) is 9.79. The van der Waals surface area contributed by atoms with Crippen LogP contribution >= 0.6 is 11.3 Å². The van der Waals surface area contributed by atoms with Crippen LogP contribution in [0.2, 0.25) is 0 Å². The van der Waals surface area contributed by atoms with E-state index in [9.17, 15) is 9.59 Å². The van der Waals surface area contributed by atoms with Gasteiger partial charge in [-0.05, 0) is 12.5 Å². The second-order valence-corrected chi connectivity index (χ2v) is 9.05. The molecule has 1 unspecified atom stereocenters. The number of alkyl carbamates (subject to hydrolysis) is 1. The molecular weight excluding hydrogens is 414 g/mol. The van der Waals surface area contributed by atoms with Gasteiger partial charge in [0.1, 0.15) is 28.6 Å². The fourth-order valence-electron chi connectivity index (χ4n) is 2.61. The van der Waals surface area contributed by atoms with Gasteiger partial charge in [-0.3, -0.25) is 4.79 Å². The monoisotopic (exact) mass is 439 g/mol. The smallest absolute Gasteiger partial charge is 0.408 e. The summed E-state index contributed by atoms with van der Waals surface area (Å²) >= 11 is 1.20. The molecule has 0 bridgehead atoms. The van der Waals surface area contributed by atoms with Gasteiger partial charge in [-0.1, -0.05) is 51.1 Å². The molecule has 0 radical (unpaired) electrons. The summed E-state index contributed by atoms with van der Waals surface area (Å²) in [6.07, 6.45) is 2.36. The molecule has 0 spiro atoms. The first-order valence-corrected chi connectivity index (χ1v) is 10.6. The van der Waals surface area contributed by atoms with Crippen LogP contribution in [0.1, 0.15) is 59.7 Å². The van der Waals surface area contributed by atoms with Gasteiger partial charge >= 0.3 is 6.09 Å². The number of carbonyl (C=O) groups excluding carboxylic acids is 2. The average molecular weight is 440 g/mol. The molecule has 0 saturated heterocycles. The van der Waals surface area contributed by atoms with E-state index in [0.717, 1.165) is 11.3 Å². The number of rotatable bonds is 6. The molecule has 9 heteroatoms. The number of benzene rings is 1. The zero-order valence-corrected chi connectivity index (χ0v) is 18.7. The van der Waals surface area contributed by atoms with Crippen molar-refractivity contribution in [1.82, 2.24) is 20.3 Å². The Labute approximate surface area is 185 Å². The molecule has 0 aliphatic heterocycles. The number of carbonyl (C=O) groups is 2. The summed E-state index contributed by atoms with van der Waals surface area (Å²) in [5.41, 5.74) is 1.57. The van der Waals surface area contributed by atoms with Gasteiger partial charge in [0.25, 0.3) is 5.91 Å². The minimum atomic E-state index is -0.548. The first-order chi connectivity index (χ1) is 14.7. The third kappa shape index (κ3) is 6.32. The molecule has 2 aromatic heterocycles. The molecule has 0 saturated carbocycles. The summed E-state index contributed by atoms with van der Waals surface area (Å²) in [4.78, 5) is 37.7. The molecule has 8 nitrogen and oxygen atoms in total. The summed E-state index contributed by atoms with van der Waals surface area (Å²) in [5, 5.41) is 6.09. The summed E-state index contributed by atoms with van der Waals surface area (Å²) in [7, 11) is 0. The number of hydrogen-bond donors (Lipinski definition) is 2. The Kier molecular flexibility index (Phi) is 6.96. The molecule has 31 heavy (non-hydrogen) atoms. The summed E-state index contributed by atoms with van der Waals surface area (Å²) in [5.74, 6) is 0.108. The van der Waals surface area contributed by atoms with Crippen LogP contribution < -0.4 is 10.6 Å². The van der Waals surface area contributed by atoms with Gasteiger partial charge in [-0.2, -0.15) is 0 Å². The van der Waals surface area contributed by atoms with Gasteiger partial charge in [0.05, 0.1) is 17.9 Å². The van der Waals surface area contributed by atoms with Crippen molar-refractivity contribution in [2.24, 2.45) is 0 Å². The third-order valence-electron chi connectivity index (χ3n) is 4.34. The standard InChI is InChI=1S/C22H25N5O3S/c1-14(26-21(29)30-12-15-8-6-5-7-9-15)20-23-11-16(31-20)19(28)27-18-10-17(22(2,3)4)24-13-25-18/h5-11,13-14H,12H2,1-4H3,(H,26,29)(H,24,25,27,28). The molecule has 162 valence electrons. The van der Waals surface area contributed by atoms with Gasteiger partial charge in [0, 0.05) is 11.5 Å². The van der Waals surface area contributed by atoms with E-state index in [1.54, 1.807) is 13.0 Å². The molecular formula is C22H25N5O3S. The van der Waals surface area contributed by atoms with Crippen molar-refractivity contribution < 1.29 is 14.3 Å². The highest BCUT2D eigenvalue weighted by molar-refractivity contribution is 7.13. The van der Waals surface area contributed by atoms with Crippen molar-refractivity contribution in [3.05, 3.63) is 70.1 Å². The van der Waals surface area contributed by atoms with Crippen LogP contribution in [-0.4, -0.2) is 27.0 Å². The Bertz CT molecular complexity index is 1050. The Morgan fingerprint density at radius 3 is 2.58 bits per heavy atom. The summed E-state index contributed by atoms with van der Waals surface area (Å²) in [6.45, 7) is 8.08. The minimum absolute atomic E-state index is 0.156. The van der Waals surface area contributed by atoms with Gasteiger partial charge in [-0.15, -0.1) is 11.3 Å². The molecule has 0 fully saturated rings. The van der Waals surface area contributed by atoms with Crippen LogP contribution in [-0.2, 0) is 16.8 Å². The molecule has 2 N–H and O–H groups in total. The predicted octanol–water partition coefficient (Wildman–Crippen LogP) is 4.47. The van der Waals surface area contributed by atoms with Crippen LogP contribution in [0.25, 0.3) is 0 Å². The van der Waals surface area contributed by atoms with Crippen LogP contribution in [0, 0.1) is 0 Å². The predicted molar refractivity (Wildman–Crippen MR) is 119 cm³/mol. The Balaban J connectivity index is 1.56. The lowest BCUT2D eigenvalue weighted by Gasteiger charge is -2.17. The third-order valence-corrected chi connectivity index (χ3v) is 5.52. The molecule has 2 amide bonds. The van der Waals surface area contributed by atoms with Crippen LogP contribution in [0.15, 0.2) is 48.9 Å². The van der Waals surface area contributed by atoms with Gasteiger partial charge in [0.2, 0.25) is 0 Å². The quantitative estimate of drug-likeness (QED) is 0.587. The van der Waals surface area contributed by atoms with Crippen LogP contribution in [0.4, 0.5) is 10.6 Å². The van der Waals surface area contributed by atoms with E-state index in [1.165, 1.54) is 23.9 Å². The molecule has 2 heterocycles. The van der Waals surface area contributed by atoms with Crippen molar-refractivity contribution in [3.63, 3.8) is 0 Å². The minimum Gasteiger partial charge on any atom is -0.445 e. The number of nitrogens with one attached hydrogen (secondary N) is 2. The Hall–Kier alpha value is -3.33. The van der Waals surface area contributed by atoms with Crippen molar-refractivity contribution in [2.45, 2.75) is 45.8 Å². The van der Waals surface area contributed by atoms with Gasteiger partial charge in [-0.25, -0.2) is 19.7 Å². The van der Waals surface area contributed by atoms with E-state index < -0.39 is 12.1 Å². The largest absolute Gasteiger partial charge is 0.445 e. The molecule has 1 atom stereocenters. The second kappa shape index (κ2) is 9.65. The normalized spacial score (nSPS) is 12.1. The zero-order chi connectivity index (χ0) is 22.4. The van der Waals surface area contributed by atoms with E-state index in [1.807, 2.05) is 51.1 Å². The maximum atomic E-state index is 12.6. The molecule has 0 aliphatic carbocycles. The maximum Gasteiger partial charge on any atom is 0.408 e. The lowest BCUT2D eigenvalue weighted by Crippen LogP contribution is -2.27. The number of nitrogens with zero attached hydrogens (tertiary/aromatic N) is 3. The van der Waals surface area contributed by atoms with Gasteiger partial charge in [0.15, 0.2) is 0 Å². The maximum absolute atomic E-state index is 12.6. The van der Waals surface area contributed by atoms with Gasteiger partial charge < -0.3 is 15.4 Å². The van der Waals surface area contributed by atoms with E-state index in [0.29, 0.717) is 15.7 Å². The highest BCUT2D eigenvalue weighted by Crippen LogP contribution is 2.23. The summed E-state index contributed by atoms with van der Waals surface area (Å²) < 4.78 is 5.23. The topological polar surface area (TPSA) is 106 Å². The SMILES string of the molecule is CC(NC(=O)OCc1ccccc1)c1ncc(C(=O)Nc2cc(C(C)(C)C)ncn2)s1. The first kappa shape index (κ1) is 22.4. The molecule has 0 aliphatic rings. The Morgan fingerprint density at radius 2 is 1.87 bits per heavy atom. The average Bonchev–Trinajstić information content (AvgIpc) is 3.23. The number of hydrogen-bond acceptors (Lipinski definition) is 7. The fourth-order valence-corrected chi connectivity index (χ4v) is 3.43. The highest BCUT2D eigenvalue weighted by Gasteiger charge is 2.19. The fraction of sp³-hybridized carbons (Fsp3) is 0.318. The van der Waals surface area contributed by atoms with E-state index in [-0.39, 0.29) is 17.9 Å². The zero-order valence-electron chi connectivity index (χ0n) is 17.9. The van der Waals surface area contributed by atoms with Crippen molar-refractivity contribution in [1.29, 1.82) is 0 Å². The van der Waals surface area contributed by atoms with Crippen molar-refractivity contribution in [3.8, 4) is 0 Å². The number of amides is 2. The number of thiazole rings is 1. The van der Waals surface area contributed by atoms with Crippen molar-refractivity contribution >= 4 is 29.2 Å². The second-order valence-electron chi connectivity index (χ2n) is 7.98. The molecule has 3 aromatic rings. The molecule has 1 aromatic carbocycles.